The van der Waals surface area contributed by atoms with E-state index in [1.165, 1.54) is 0 Å². The largest absolute Gasteiger partial charge is 0.507 e. The number of ether oxygens (including phenoxy) is 1. The summed E-state index contributed by atoms with van der Waals surface area (Å²) in [5.74, 6) is 2.21. The van der Waals surface area contributed by atoms with Crippen LogP contribution in [0.2, 0.25) is 0 Å². The highest BCUT2D eigenvalue weighted by Crippen LogP contribution is 2.34. The molecule has 0 unspecified atom stereocenters. The van der Waals surface area contributed by atoms with Crippen LogP contribution in [0.25, 0.3) is 22.1 Å². The fourth-order valence-corrected chi connectivity index (χ4v) is 4.63. The summed E-state index contributed by atoms with van der Waals surface area (Å²) in [5.41, 5.74) is 2.11. The van der Waals surface area contributed by atoms with Gasteiger partial charge in [0, 0.05) is 44.5 Å². The molecule has 1 fully saturated rings. The van der Waals surface area contributed by atoms with E-state index < -0.39 is 0 Å². The van der Waals surface area contributed by atoms with E-state index in [0.717, 1.165) is 32.0 Å². The molecule has 0 radical (unpaired) electrons. The number of hydrogen-bond acceptors (Lipinski definition) is 7. The van der Waals surface area contributed by atoms with E-state index in [-0.39, 0.29) is 11.2 Å². The summed E-state index contributed by atoms with van der Waals surface area (Å²) >= 11 is 0. The van der Waals surface area contributed by atoms with Crippen LogP contribution < -0.4 is 15.1 Å². The van der Waals surface area contributed by atoms with Gasteiger partial charge in [-0.25, -0.2) is 4.98 Å². The predicted octanol–water partition coefficient (Wildman–Crippen LogP) is 4.20. The third kappa shape index (κ3) is 3.99. The van der Waals surface area contributed by atoms with E-state index in [2.05, 4.69) is 14.8 Å². The SMILES string of the molecule is COc1ccccc1-c1c(C)oc2c(CN3CCN(c4ccccn4)CC3)c(O)ccc2c1=O. The zero-order valence-electron chi connectivity index (χ0n) is 19.3. The number of aryl methyl sites for hydroxylation is 1. The predicted molar refractivity (Wildman–Crippen MR) is 133 cm³/mol. The molecular weight excluding hydrogens is 430 g/mol. The van der Waals surface area contributed by atoms with Crippen molar-refractivity contribution in [3.05, 3.63) is 82.3 Å². The molecule has 0 amide bonds. The number of methoxy groups -OCH3 is 1. The van der Waals surface area contributed by atoms with Crippen LogP contribution in [0.4, 0.5) is 5.82 Å². The summed E-state index contributed by atoms with van der Waals surface area (Å²) in [6.45, 7) is 5.58. The third-order valence-electron chi connectivity index (χ3n) is 6.42. The maximum Gasteiger partial charge on any atom is 0.200 e. The van der Waals surface area contributed by atoms with Gasteiger partial charge in [-0.15, -0.1) is 0 Å². The summed E-state index contributed by atoms with van der Waals surface area (Å²) in [6, 6.07) is 16.6. The van der Waals surface area contributed by atoms with Crippen LogP contribution in [0.3, 0.4) is 0 Å². The molecule has 34 heavy (non-hydrogen) atoms. The molecule has 1 aliphatic heterocycles. The molecule has 4 aromatic rings. The van der Waals surface area contributed by atoms with Crippen molar-refractivity contribution in [3.63, 3.8) is 0 Å². The van der Waals surface area contributed by atoms with Crippen molar-refractivity contribution < 1.29 is 14.3 Å². The van der Waals surface area contributed by atoms with E-state index in [1.54, 1.807) is 32.4 Å². The number of aromatic hydroxyl groups is 1. The number of nitrogens with zero attached hydrogens (tertiary/aromatic N) is 3. The number of benzene rings is 2. The molecule has 5 rings (SSSR count). The Morgan fingerprint density at radius 2 is 1.79 bits per heavy atom. The van der Waals surface area contributed by atoms with Crippen LogP contribution in [0, 0.1) is 6.92 Å². The zero-order valence-corrected chi connectivity index (χ0v) is 19.3. The Balaban J connectivity index is 1.47. The molecule has 2 aromatic heterocycles. The Morgan fingerprint density at radius 3 is 2.53 bits per heavy atom. The minimum atomic E-state index is -0.135. The van der Waals surface area contributed by atoms with Crippen molar-refractivity contribution in [2.24, 2.45) is 0 Å². The number of fused-ring (bicyclic) bond motifs is 1. The lowest BCUT2D eigenvalue weighted by Gasteiger charge is -2.35. The fraction of sp³-hybridized carbons (Fsp3) is 0.259. The van der Waals surface area contributed by atoms with E-state index in [9.17, 15) is 9.90 Å². The summed E-state index contributed by atoms with van der Waals surface area (Å²) in [4.78, 5) is 22.5. The van der Waals surface area contributed by atoms with Gasteiger partial charge in [-0.05, 0) is 37.3 Å². The first-order valence-electron chi connectivity index (χ1n) is 11.4. The molecule has 2 aromatic carbocycles. The molecule has 0 spiro atoms. The summed E-state index contributed by atoms with van der Waals surface area (Å²) in [6.07, 6.45) is 1.81. The second kappa shape index (κ2) is 9.19. The Bertz CT molecular complexity index is 1380. The van der Waals surface area contributed by atoms with Crippen molar-refractivity contribution in [1.29, 1.82) is 0 Å². The summed E-state index contributed by atoms with van der Waals surface area (Å²) in [5, 5.41) is 11.1. The van der Waals surface area contributed by atoms with Gasteiger partial charge in [0.25, 0.3) is 0 Å². The lowest BCUT2D eigenvalue weighted by molar-refractivity contribution is 0.246. The van der Waals surface area contributed by atoms with E-state index in [0.29, 0.717) is 45.7 Å². The Kier molecular flexibility index (Phi) is 5.94. The molecule has 7 nitrogen and oxygen atoms in total. The van der Waals surface area contributed by atoms with Crippen LogP contribution in [0.5, 0.6) is 11.5 Å². The number of rotatable bonds is 5. The fourth-order valence-electron chi connectivity index (χ4n) is 4.63. The van der Waals surface area contributed by atoms with Crippen molar-refractivity contribution in [2.45, 2.75) is 13.5 Å². The Hall–Kier alpha value is -3.84. The first-order chi connectivity index (χ1) is 16.6. The summed E-state index contributed by atoms with van der Waals surface area (Å²) in [7, 11) is 1.58. The molecule has 3 heterocycles. The first-order valence-corrected chi connectivity index (χ1v) is 11.4. The van der Waals surface area contributed by atoms with Crippen molar-refractivity contribution >= 4 is 16.8 Å². The third-order valence-corrected chi connectivity index (χ3v) is 6.42. The van der Waals surface area contributed by atoms with Crippen molar-refractivity contribution in [1.82, 2.24) is 9.88 Å². The van der Waals surface area contributed by atoms with Gasteiger partial charge in [-0.2, -0.15) is 0 Å². The normalized spacial score (nSPS) is 14.5. The molecular formula is C27H27N3O4. The van der Waals surface area contributed by atoms with Gasteiger partial charge < -0.3 is 19.2 Å². The monoisotopic (exact) mass is 457 g/mol. The number of phenols is 1. The second-order valence-corrected chi connectivity index (χ2v) is 8.45. The second-order valence-electron chi connectivity index (χ2n) is 8.45. The molecule has 1 saturated heterocycles. The maximum absolute atomic E-state index is 13.5. The van der Waals surface area contributed by atoms with Crippen LogP contribution in [-0.4, -0.2) is 48.3 Å². The van der Waals surface area contributed by atoms with Gasteiger partial charge in [0.05, 0.1) is 23.6 Å². The van der Waals surface area contributed by atoms with Crippen LogP contribution in [-0.2, 0) is 6.54 Å². The topological polar surface area (TPSA) is 79.0 Å². The number of phenolic OH excluding ortho intramolecular Hbond substituents is 1. The maximum atomic E-state index is 13.5. The molecule has 1 aliphatic rings. The number of anilines is 1. The molecule has 0 aliphatic carbocycles. The Labute approximate surface area is 197 Å². The van der Waals surface area contributed by atoms with Gasteiger partial charge in [0.1, 0.15) is 28.7 Å². The van der Waals surface area contributed by atoms with Crippen LogP contribution in [0.1, 0.15) is 11.3 Å². The average molecular weight is 458 g/mol. The van der Waals surface area contributed by atoms with Gasteiger partial charge in [-0.1, -0.05) is 24.3 Å². The number of pyridine rings is 1. The van der Waals surface area contributed by atoms with E-state index >= 15 is 0 Å². The highest BCUT2D eigenvalue weighted by atomic mass is 16.5. The van der Waals surface area contributed by atoms with Gasteiger partial charge in [0.2, 0.25) is 5.43 Å². The molecule has 1 N–H and O–H groups in total. The van der Waals surface area contributed by atoms with Gasteiger partial charge in [0.15, 0.2) is 0 Å². The van der Waals surface area contributed by atoms with Crippen LogP contribution in [0.15, 0.2) is 70.0 Å². The van der Waals surface area contributed by atoms with Crippen LogP contribution >= 0.6 is 0 Å². The first kappa shape index (κ1) is 22.0. The molecule has 0 bridgehead atoms. The van der Waals surface area contributed by atoms with E-state index in [4.69, 9.17) is 9.15 Å². The quantitative estimate of drug-likeness (QED) is 0.481. The van der Waals surface area contributed by atoms with Crippen molar-refractivity contribution in [3.8, 4) is 22.6 Å². The highest BCUT2D eigenvalue weighted by molar-refractivity contribution is 5.87. The minimum absolute atomic E-state index is 0.132. The smallest absolute Gasteiger partial charge is 0.200 e. The van der Waals surface area contributed by atoms with Crippen molar-refractivity contribution in [2.75, 3.05) is 38.2 Å². The number of aromatic nitrogens is 1. The van der Waals surface area contributed by atoms with E-state index in [1.807, 2.05) is 42.5 Å². The number of para-hydroxylation sites is 1. The molecule has 0 saturated carbocycles. The molecule has 7 heteroatoms. The lowest BCUT2D eigenvalue weighted by atomic mass is 10.00. The summed E-state index contributed by atoms with van der Waals surface area (Å²) < 4.78 is 11.7. The van der Waals surface area contributed by atoms with Gasteiger partial charge in [-0.3, -0.25) is 9.69 Å². The number of piperazine rings is 1. The average Bonchev–Trinajstić information content (AvgIpc) is 2.87. The zero-order chi connectivity index (χ0) is 23.7. The highest BCUT2D eigenvalue weighted by Gasteiger charge is 2.23. The lowest BCUT2D eigenvalue weighted by Crippen LogP contribution is -2.46. The van der Waals surface area contributed by atoms with Gasteiger partial charge >= 0.3 is 0 Å². The minimum Gasteiger partial charge on any atom is -0.507 e. The Morgan fingerprint density at radius 1 is 1.03 bits per heavy atom. The molecule has 174 valence electrons. The number of hydrogen-bond donors (Lipinski definition) is 1. The molecule has 0 atom stereocenters. The standard InChI is InChI=1S/C27H27N3O4/c1-18-25(19-7-3-4-8-23(19)33-2)26(32)20-10-11-22(31)21(27(20)34-18)17-29-13-15-30(16-14-29)24-9-5-6-12-28-24/h3-12,31H,13-17H2,1-2H3.